The maximum atomic E-state index is 12.6. The van der Waals surface area contributed by atoms with Crippen LogP contribution >= 0.6 is 0 Å². The standard InChI is InChI=1S/C26H27N3O2/c1-19-16-20(2)18-22(17-19)25(30)27-23-8-10-24(11-9-23)28-12-14-29(15-13-28)26(31)21-6-4-3-5-7-21/h3-11,16-18H,12-15H2,1-2H3,(H,27,30). The second kappa shape index (κ2) is 9.04. The Bertz CT molecular complexity index is 1050. The number of piperazine rings is 1. The van der Waals surface area contributed by atoms with Crippen molar-refractivity contribution < 1.29 is 9.59 Å². The molecule has 5 heteroatoms. The predicted molar refractivity (Wildman–Crippen MR) is 125 cm³/mol. The van der Waals surface area contributed by atoms with Gasteiger partial charge in [0, 0.05) is 48.7 Å². The molecule has 0 aromatic heterocycles. The molecule has 1 saturated heterocycles. The Balaban J connectivity index is 1.34. The number of rotatable bonds is 4. The van der Waals surface area contributed by atoms with Crippen LogP contribution in [-0.2, 0) is 0 Å². The summed E-state index contributed by atoms with van der Waals surface area (Å²) in [4.78, 5) is 29.4. The van der Waals surface area contributed by atoms with Crippen LogP contribution in [0.1, 0.15) is 31.8 Å². The number of hydrogen-bond donors (Lipinski definition) is 1. The minimum Gasteiger partial charge on any atom is -0.368 e. The van der Waals surface area contributed by atoms with Crippen LogP contribution in [0.25, 0.3) is 0 Å². The summed E-state index contributed by atoms with van der Waals surface area (Å²) in [5.41, 5.74) is 5.42. The van der Waals surface area contributed by atoms with Gasteiger partial charge in [0.2, 0.25) is 0 Å². The van der Waals surface area contributed by atoms with Gasteiger partial charge in [-0.2, -0.15) is 0 Å². The summed E-state index contributed by atoms with van der Waals surface area (Å²) in [5, 5.41) is 2.97. The fourth-order valence-electron chi connectivity index (χ4n) is 4.00. The van der Waals surface area contributed by atoms with Gasteiger partial charge in [-0.05, 0) is 62.4 Å². The molecule has 0 spiro atoms. The lowest BCUT2D eigenvalue weighted by Crippen LogP contribution is -2.48. The molecule has 158 valence electrons. The van der Waals surface area contributed by atoms with Gasteiger partial charge in [0.15, 0.2) is 0 Å². The molecular weight excluding hydrogens is 386 g/mol. The number of carbonyl (C=O) groups excluding carboxylic acids is 2. The number of nitrogens with one attached hydrogen (secondary N) is 1. The maximum absolute atomic E-state index is 12.6. The van der Waals surface area contributed by atoms with Crippen molar-refractivity contribution in [2.75, 3.05) is 36.4 Å². The molecule has 0 bridgehead atoms. The van der Waals surface area contributed by atoms with Crippen molar-refractivity contribution >= 4 is 23.2 Å². The smallest absolute Gasteiger partial charge is 0.255 e. The third kappa shape index (κ3) is 4.94. The third-order valence-corrected chi connectivity index (χ3v) is 5.56. The van der Waals surface area contributed by atoms with Gasteiger partial charge in [-0.3, -0.25) is 9.59 Å². The van der Waals surface area contributed by atoms with Crippen LogP contribution < -0.4 is 10.2 Å². The lowest BCUT2D eigenvalue weighted by molar-refractivity contribution is 0.0746. The number of benzene rings is 3. The molecule has 0 aliphatic carbocycles. The Morgan fingerprint density at radius 2 is 1.35 bits per heavy atom. The van der Waals surface area contributed by atoms with Crippen LogP contribution in [0.2, 0.25) is 0 Å². The highest BCUT2D eigenvalue weighted by molar-refractivity contribution is 6.04. The van der Waals surface area contributed by atoms with E-state index in [0.29, 0.717) is 18.7 Å². The summed E-state index contributed by atoms with van der Waals surface area (Å²) in [7, 11) is 0. The van der Waals surface area contributed by atoms with Gasteiger partial charge in [-0.1, -0.05) is 35.4 Å². The van der Waals surface area contributed by atoms with Gasteiger partial charge in [0.1, 0.15) is 0 Å². The van der Waals surface area contributed by atoms with E-state index < -0.39 is 0 Å². The van der Waals surface area contributed by atoms with Crippen molar-refractivity contribution in [3.05, 3.63) is 95.1 Å². The lowest BCUT2D eigenvalue weighted by Gasteiger charge is -2.36. The molecule has 1 heterocycles. The normalized spacial score (nSPS) is 13.7. The van der Waals surface area contributed by atoms with E-state index in [2.05, 4.69) is 16.3 Å². The molecule has 1 aliphatic heterocycles. The molecule has 31 heavy (non-hydrogen) atoms. The number of hydrogen-bond acceptors (Lipinski definition) is 3. The van der Waals surface area contributed by atoms with Crippen LogP contribution in [0.3, 0.4) is 0 Å². The van der Waals surface area contributed by atoms with Crippen molar-refractivity contribution in [1.29, 1.82) is 0 Å². The molecule has 1 fully saturated rings. The molecule has 1 N–H and O–H groups in total. The van der Waals surface area contributed by atoms with Gasteiger partial charge >= 0.3 is 0 Å². The van der Waals surface area contributed by atoms with Crippen molar-refractivity contribution in [1.82, 2.24) is 4.90 Å². The quantitative estimate of drug-likeness (QED) is 0.684. The highest BCUT2D eigenvalue weighted by atomic mass is 16.2. The van der Waals surface area contributed by atoms with E-state index in [1.54, 1.807) is 0 Å². The largest absolute Gasteiger partial charge is 0.368 e. The number of anilines is 2. The first-order chi connectivity index (χ1) is 15.0. The first-order valence-corrected chi connectivity index (χ1v) is 10.6. The number of carbonyl (C=O) groups is 2. The highest BCUT2D eigenvalue weighted by Gasteiger charge is 2.22. The second-order valence-electron chi connectivity index (χ2n) is 8.02. The molecule has 0 atom stereocenters. The number of amides is 2. The average molecular weight is 414 g/mol. The van der Waals surface area contributed by atoms with Crippen LogP contribution in [0, 0.1) is 13.8 Å². The van der Waals surface area contributed by atoms with Crippen LogP contribution in [0.4, 0.5) is 11.4 Å². The fraction of sp³-hybridized carbons (Fsp3) is 0.231. The minimum absolute atomic E-state index is 0.0877. The van der Waals surface area contributed by atoms with Crippen molar-refractivity contribution in [3.63, 3.8) is 0 Å². The van der Waals surface area contributed by atoms with Crippen LogP contribution in [0.5, 0.6) is 0 Å². The van der Waals surface area contributed by atoms with E-state index in [0.717, 1.165) is 41.2 Å². The SMILES string of the molecule is Cc1cc(C)cc(C(=O)Nc2ccc(N3CCN(C(=O)c4ccccc4)CC3)cc2)c1. The van der Waals surface area contributed by atoms with E-state index in [4.69, 9.17) is 0 Å². The van der Waals surface area contributed by atoms with E-state index in [1.165, 1.54) is 0 Å². The van der Waals surface area contributed by atoms with Crippen molar-refractivity contribution in [2.24, 2.45) is 0 Å². The lowest BCUT2D eigenvalue weighted by atomic mass is 10.1. The Morgan fingerprint density at radius 3 is 1.97 bits per heavy atom. The van der Waals surface area contributed by atoms with Gasteiger partial charge in [-0.15, -0.1) is 0 Å². The monoisotopic (exact) mass is 413 g/mol. The molecule has 2 amide bonds. The molecule has 1 aliphatic rings. The van der Waals surface area contributed by atoms with Gasteiger partial charge in [0.25, 0.3) is 11.8 Å². The predicted octanol–water partition coefficient (Wildman–Crippen LogP) is 4.52. The maximum Gasteiger partial charge on any atom is 0.255 e. The molecule has 0 saturated carbocycles. The molecule has 3 aromatic carbocycles. The number of nitrogens with zero attached hydrogens (tertiary/aromatic N) is 2. The summed E-state index contributed by atoms with van der Waals surface area (Å²) in [6, 6.07) is 23.2. The van der Waals surface area contributed by atoms with Crippen molar-refractivity contribution in [2.45, 2.75) is 13.8 Å². The average Bonchev–Trinajstić information content (AvgIpc) is 2.79. The first-order valence-electron chi connectivity index (χ1n) is 10.6. The highest BCUT2D eigenvalue weighted by Crippen LogP contribution is 2.21. The minimum atomic E-state index is -0.104. The zero-order valence-electron chi connectivity index (χ0n) is 18.0. The topological polar surface area (TPSA) is 52.7 Å². The Labute approximate surface area is 183 Å². The van der Waals surface area contributed by atoms with Gasteiger partial charge in [0.05, 0.1) is 0 Å². The van der Waals surface area contributed by atoms with E-state index in [1.807, 2.05) is 85.5 Å². The van der Waals surface area contributed by atoms with Crippen LogP contribution in [-0.4, -0.2) is 42.9 Å². The Morgan fingerprint density at radius 1 is 0.742 bits per heavy atom. The molecule has 4 rings (SSSR count). The van der Waals surface area contributed by atoms with Gasteiger partial charge < -0.3 is 15.1 Å². The molecule has 0 radical (unpaired) electrons. The fourth-order valence-corrected chi connectivity index (χ4v) is 4.00. The molecule has 5 nitrogen and oxygen atoms in total. The molecule has 0 unspecified atom stereocenters. The zero-order valence-corrected chi connectivity index (χ0v) is 18.0. The third-order valence-electron chi connectivity index (χ3n) is 5.56. The summed E-state index contributed by atoms with van der Waals surface area (Å²) >= 11 is 0. The summed E-state index contributed by atoms with van der Waals surface area (Å²) in [5.74, 6) is -0.0164. The first kappa shape index (κ1) is 20.7. The second-order valence-corrected chi connectivity index (χ2v) is 8.02. The molecule has 3 aromatic rings. The number of aryl methyl sites for hydroxylation is 2. The van der Waals surface area contributed by atoms with E-state index in [-0.39, 0.29) is 11.8 Å². The van der Waals surface area contributed by atoms with Crippen molar-refractivity contribution in [3.8, 4) is 0 Å². The summed E-state index contributed by atoms with van der Waals surface area (Å²) < 4.78 is 0. The van der Waals surface area contributed by atoms with E-state index in [9.17, 15) is 9.59 Å². The zero-order chi connectivity index (χ0) is 21.8. The van der Waals surface area contributed by atoms with E-state index >= 15 is 0 Å². The van der Waals surface area contributed by atoms with Gasteiger partial charge in [-0.25, -0.2) is 0 Å². The summed E-state index contributed by atoms with van der Waals surface area (Å²) in [6.07, 6.45) is 0. The Hall–Kier alpha value is -3.60. The molecular formula is C26H27N3O2. The summed E-state index contributed by atoms with van der Waals surface area (Å²) in [6.45, 7) is 6.94. The Kier molecular flexibility index (Phi) is 6.03. The van der Waals surface area contributed by atoms with Crippen LogP contribution in [0.15, 0.2) is 72.8 Å².